The van der Waals surface area contributed by atoms with Gasteiger partial charge in [-0.2, -0.15) is 4.99 Å². The van der Waals surface area contributed by atoms with Crippen molar-refractivity contribution in [3.63, 3.8) is 0 Å². The van der Waals surface area contributed by atoms with Crippen LogP contribution in [0.15, 0.2) is 65.1 Å². The molecule has 1 aromatic heterocycles. The van der Waals surface area contributed by atoms with E-state index >= 15 is 0 Å². The molecule has 0 saturated heterocycles. The molecular weight excluding hydrogens is 341 g/mol. The number of primary amides is 1. The van der Waals surface area contributed by atoms with E-state index in [4.69, 9.17) is 5.73 Å². The van der Waals surface area contributed by atoms with Gasteiger partial charge in [0, 0.05) is 28.3 Å². The van der Waals surface area contributed by atoms with Crippen LogP contribution >= 0.6 is 11.3 Å². The molecule has 0 radical (unpaired) electrons. The molecule has 5 nitrogen and oxygen atoms in total. The SMILES string of the molecule is NC(=O)c1cccc(C(=O)N=c2sccn2Cc2ccccc2F)c1. The Morgan fingerprint density at radius 2 is 1.88 bits per heavy atom. The number of thiazole rings is 1. The molecular formula is C18H14FN3O2S. The molecule has 3 rings (SSSR count). The van der Waals surface area contributed by atoms with Crippen molar-refractivity contribution < 1.29 is 14.0 Å². The van der Waals surface area contributed by atoms with Gasteiger partial charge in [0.2, 0.25) is 5.91 Å². The van der Waals surface area contributed by atoms with Crippen molar-refractivity contribution in [2.45, 2.75) is 6.54 Å². The zero-order valence-electron chi connectivity index (χ0n) is 13.1. The zero-order chi connectivity index (χ0) is 17.8. The van der Waals surface area contributed by atoms with E-state index in [1.807, 2.05) is 0 Å². The Morgan fingerprint density at radius 1 is 1.12 bits per heavy atom. The summed E-state index contributed by atoms with van der Waals surface area (Å²) in [5, 5.41) is 1.77. The molecule has 0 aliphatic rings. The van der Waals surface area contributed by atoms with Gasteiger partial charge in [0.15, 0.2) is 4.80 Å². The van der Waals surface area contributed by atoms with Crippen molar-refractivity contribution in [3.05, 3.63) is 87.4 Å². The lowest BCUT2D eigenvalue weighted by Crippen LogP contribution is -2.18. The van der Waals surface area contributed by atoms with Crippen LogP contribution in [0.25, 0.3) is 0 Å². The summed E-state index contributed by atoms with van der Waals surface area (Å²) >= 11 is 1.27. The standard InChI is InChI=1S/C18H14FN3O2S/c19-15-7-2-1-4-14(15)11-22-8-9-25-18(22)21-17(24)13-6-3-5-12(10-13)16(20)23/h1-10H,11H2,(H2,20,23). The molecule has 126 valence electrons. The van der Waals surface area contributed by atoms with Crippen LogP contribution in [-0.2, 0) is 6.54 Å². The largest absolute Gasteiger partial charge is 0.366 e. The van der Waals surface area contributed by atoms with Crippen molar-refractivity contribution in [2.75, 3.05) is 0 Å². The first-order valence-electron chi connectivity index (χ1n) is 7.41. The number of halogens is 1. The maximum Gasteiger partial charge on any atom is 0.279 e. The van der Waals surface area contributed by atoms with Crippen LogP contribution in [0.2, 0.25) is 0 Å². The first-order valence-corrected chi connectivity index (χ1v) is 8.29. The number of aromatic nitrogens is 1. The van der Waals surface area contributed by atoms with Gasteiger partial charge >= 0.3 is 0 Å². The molecule has 1 heterocycles. The maximum absolute atomic E-state index is 13.8. The van der Waals surface area contributed by atoms with Crippen molar-refractivity contribution in [3.8, 4) is 0 Å². The van der Waals surface area contributed by atoms with Crippen LogP contribution in [0.3, 0.4) is 0 Å². The van der Waals surface area contributed by atoms with E-state index in [0.717, 1.165) is 0 Å². The van der Waals surface area contributed by atoms with Gasteiger partial charge in [-0.3, -0.25) is 9.59 Å². The molecule has 2 N–H and O–H groups in total. The molecule has 2 amide bonds. The predicted octanol–water partition coefficient (Wildman–Crippen LogP) is 2.58. The second-order valence-electron chi connectivity index (χ2n) is 5.27. The van der Waals surface area contributed by atoms with Crippen molar-refractivity contribution in [1.82, 2.24) is 4.57 Å². The van der Waals surface area contributed by atoms with Crippen LogP contribution in [0.5, 0.6) is 0 Å². The van der Waals surface area contributed by atoms with Gasteiger partial charge < -0.3 is 10.3 Å². The van der Waals surface area contributed by atoms with E-state index in [0.29, 0.717) is 10.4 Å². The quantitative estimate of drug-likeness (QED) is 0.781. The molecule has 0 spiro atoms. The van der Waals surface area contributed by atoms with Gasteiger partial charge in [-0.05, 0) is 24.3 Å². The highest BCUT2D eigenvalue weighted by Gasteiger charge is 2.09. The maximum atomic E-state index is 13.8. The van der Waals surface area contributed by atoms with Crippen LogP contribution in [0, 0.1) is 5.82 Å². The Bertz CT molecular complexity index is 1010. The highest BCUT2D eigenvalue weighted by atomic mass is 32.1. The van der Waals surface area contributed by atoms with Gasteiger partial charge in [0.1, 0.15) is 5.82 Å². The lowest BCUT2D eigenvalue weighted by molar-refractivity contribution is 0.0997. The minimum Gasteiger partial charge on any atom is -0.366 e. The molecule has 0 fully saturated rings. The van der Waals surface area contributed by atoms with Gasteiger partial charge in [-0.1, -0.05) is 24.3 Å². The molecule has 0 unspecified atom stereocenters. The normalized spacial score (nSPS) is 11.5. The average molecular weight is 355 g/mol. The smallest absolute Gasteiger partial charge is 0.279 e. The zero-order valence-corrected chi connectivity index (χ0v) is 13.9. The number of hydrogen-bond donors (Lipinski definition) is 1. The average Bonchev–Trinajstić information content (AvgIpc) is 3.04. The van der Waals surface area contributed by atoms with E-state index < -0.39 is 11.8 Å². The first-order chi connectivity index (χ1) is 12.0. The van der Waals surface area contributed by atoms with Gasteiger partial charge in [-0.15, -0.1) is 11.3 Å². The summed E-state index contributed by atoms with van der Waals surface area (Å²) in [7, 11) is 0. The van der Waals surface area contributed by atoms with Crippen molar-refractivity contribution in [2.24, 2.45) is 10.7 Å². The van der Waals surface area contributed by atoms with Crippen molar-refractivity contribution in [1.29, 1.82) is 0 Å². The third kappa shape index (κ3) is 3.89. The summed E-state index contributed by atoms with van der Waals surface area (Å²) in [6, 6.07) is 12.5. The fourth-order valence-corrected chi connectivity index (χ4v) is 3.00. The Kier molecular flexibility index (Phi) is 4.85. The monoisotopic (exact) mass is 355 g/mol. The van der Waals surface area contributed by atoms with E-state index in [1.54, 1.807) is 46.5 Å². The molecule has 2 aromatic carbocycles. The predicted molar refractivity (Wildman–Crippen MR) is 92.7 cm³/mol. The van der Waals surface area contributed by atoms with Crippen LogP contribution in [-0.4, -0.2) is 16.4 Å². The fraction of sp³-hybridized carbons (Fsp3) is 0.0556. The van der Waals surface area contributed by atoms with Crippen LogP contribution < -0.4 is 10.5 Å². The summed E-state index contributed by atoms with van der Waals surface area (Å²) < 4.78 is 15.5. The Morgan fingerprint density at radius 3 is 2.64 bits per heavy atom. The summed E-state index contributed by atoms with van der Waals surface area (Å²) in [5.74, 6) is -1.42. The first kappa shape index (κ1) is 16.8. The van der Waals surface area contributed by atoms with E-state index in [1.165, 1.54) is 29.5 Å². The topological polar surface area (TPSA) is 77.5 Å². The van der Waals surface area contributed by atoms with Crippen molar-refractivity contribution >= 4 is 23.2 Å². The second kappa shape index (κ2) is 7.23. The Hall–Kier alpha value is -3.06. The molecule has 0 atom stereocenters. The lowest BCUT2D eigenvalue weighted by atomic mass is 10.1. The number of carbonyl (C=O) groups is 2. The Labute approximate surface area is 146 Å². The minimum absolute atomic E-state index is 0.242. The molecule has 0 aliphatic carbocycles. The highest BCUT2D eigenvalue weighted by molar-refractivity contribution is 7.07. The van der Waals surface area contributed by atoms with E-state index in [2.05, 4.69) is 4.99 Å². The second-order valence-corrected chi connectivity index (χ2v) is 6.14. The van der Waals surface area contributed by atoms with Crippen LogP contribution in [0.1, 0.15) is 26.3 Å². The summed E-state index contributed by atoms with van der Waals surface area (Å²) in [4.78, 5) is 28.1. The summed E-state index contributed by atoms with van der Waals surface area (Å²) in [6.07, 6.45) is 1.74. The molecule has 3 aromatic rings. The fourth-order valence-electron chi connectivity index (χ4n) is 2.27. The van der Waals surface area contributed by atoms with E-state index in [-0.39, 0.29) is 23.5 Å². The number of benzene rings is 2. The number of nitrogens with zero attached hydrogens (tertiary/aromatic N) is 2. The minimum atomic E-state index is -0.611. The summed E-state index contributed by atoms with van der Waals surface area (Å²) in [5.41, 5.74) is 6.24. The third-order valence-electron chi connectivity index (χ3n) is 3.55. The molecule has 7 heteroatoms. The van der Waals surface area contributed by atoms with Crippen LogP contribution in [0.4, 0.5) is 4.39 Å². The lowest BCUT2D eigenvalue weighted by Gasteiger charge is -2.04. The number of carbonyl (C=O) groups excluding carboxylic acids is 2. The highest BCUT2D eigenvalue weighted by Crippen LogP contribution is 2.09. The van der Waals surface area contributed by atoms with Gasteiger partial charge in [0.25, 0.3) is 5.91 Å². The number of nitrogens with two attached hydrogens (primary N) is 1. The van der Waals surface area contributed by atoms with E-state index in [9.17, 15) is 14.0 Å². The van der Waals surface area contributed by atoms with Gasteiger partial charge in [0.05, 0.1) is 6.54 Å². The number of rotatable bonds is 4. The Balaban J connectivity index is 1.91. The third-order valence-corrected chi connectivity index (χ3v) is 4.34. The number of amides is 2. The molecule has 0 bridgehead atoms. The molecule has 25 heavy (non-hydrogen) atoms. The van der Waals surface area contributed by atoms with Gasteiger partial charge in [-0.25, -0.2) is 4.39 Å². The molecule has 0 aliphatic heterocycles. The number of hydrogen-bond acceptors (Lipinski definition) is 3. The molecule has 0 saturated carbocycles. The summed E-state index contributed by atoms with van der Waals surface area (Å²) in [6.45, 7) is 0.267.